The van der Waals surface area contributed by atoms with Crippen LogP contribution in [0.4, 0.5) is 0 Å². The minimum absolute atomic E-state index is 0.233. The standard InChI is InChI=1S/C15H18BrNO2/c16-13-5-11-3-4-19-15(11)12(6-13)7-14(18)9-17-8-10-1-2-10/h5-6,10,17H,1-4,7-9H2. The van der Waals surface area contributed by atoms with E-state index in [1.54, 1.807) is 0 Å². The van der Waals surface area contributed by atoms with Gasteiger partial charge in [0.05, 0.1) is 13.2 Å². The summed E-state index contributed by atoms with van der Waals surface area (Å²) in [6, 6.07) is 4.09. The number of carbonyl (C=O) groups excluding carboxylic acids is 1. The number of carbonyl (C=O) groups is 1. The van der Waals surface area contributed by atoms with Gasteiger partial charge in [0.1, 0.15) is 5.75 Å². The van der Waals surface area contributed by atoms with E-state index in [2.05, 4.69) is 27.3 Å². The lowest BCUT2D eigenvalue weighted by Gasteiger charge is -2.09. The van der Waals surface area contributed by atoms with Gasteiger partial charge in [-0.05, 0) is 43.0 Å². The molecule has 1 heterocycles. The smallest absolute Gasteiger partial charge is 0.151 e. The molecule has 2 aliphatic rings. The molecule has 0 bridgehead atoms. The second-order valence-corrected chi connectivity index (χ2v) is 6.36. The van der Waals surface area contributed by atoms with Crippen LogP contribution >= 0.6 is 15.9 Å². The van der Waals surface area contributed by atoms with Gasteiger partial charge in [-0.2, -0.15) is 0 Å². The quantitative estimate of drug-likeness (QED) is 0.874. The van der Waals surface area contributed by atoms with E-state index in [1.807, 2.05) is 6.07 Å². The molecule has 4 heteroatoms. The Morgan fingerprint density at radius 2 is 2.26 bits per heavy atom. The fourth-order valence-corrected chi connectivity index (χ4v) is 3.04. The highest BCUT2D eigenvalue weighted by Crippen LogP contribution is 2.33. The average Bonchev–Trinajstić information content (AvgIpc) is 3.05. The van der Waals surface area contributed by atoms with Gasteiger partial charge < -0.3 is 10.1 Å². The summed E-state index contributed by atoms with van der Waals surface area (Å²) < 4.78 is 6.68. The van der Waals surface area contributed by atoms with Crippen molar-refractivity contribution in [1.82, 2.24) is 5.32 Å². The first-order valence-corrected chi connectivity index (χ1v) is 7.68. The number of halogens is 1. The lowest BCUT2D eigenvalue weighted by Crippen LogP contribution is -2.26. The van der Waals surface area contributed by atoms with Crippen molar-refractivity contribution in [3.8, 4) is 5.75 Å². The predicted octanol–water partition coefficient (Wildman–Crippen LogP) is 2.50. The summed E-state index contributed by atoms with van der Waals surface area (Å²) in [5.74, 6) is 1.97. The van der Waals surface area contributed by atoms with Gasteiger partial charge in [0.2, 0.25) is 0 Å². The van der Waals surface area contributed by atoms with E-state index in [1.165, 1.54) is 18.4 Å². The molecule has 0 amide bonds. The van der Waals surface area contributed by atoms with Gasteiger partial charge >= 0.3 is 0 Å². The summed E-state index contributed by atoms with van der Waals surface area (Å²) in [7, 11) is 0. The van der Waals surface area contributed by atoms with Crippen molar-refractivity contribution in [3.05, 3.63) is 27.7 Å². The molecule has 0 unspecified atom stereocenters. The van der Waals surface area contributed by atoms with Crippen LogP contribution < -0.4 is 10.1 Å². The molecule has 0 aromatic heterocycles. The fraction of sp³-hybridized carbons (Fsp3) is 0.533. The molecule has 19 heavy (non-hydrogen) atoms. The molecule has 0 atom stereocenters. The Bertz CT molecular complexity index is 497. The van der Waals surface area contributed by atoms with Crippen molar-refractivity contribution >= 4 is 21.7 Å². The zero-order valence-corrected chi connectivity index (χ0v) is 12.5. The van der Waals surface area contributed by atoms with Crippen LogP contribution in [0, 0.1) is 5.92 Å². The molecule has 0 radical (unpaired) electrons. The Morgan fingerprint density at radius 1 is 1.42 bits per heavy atom. The highest BCUT2D eigenvalue weighted by Gasteiger charge is 2.21. The molecule has 1 aromatic carbocycles. The van der Waals surface area contributed by atoms with Crippen molar-refractivity contribution in [2.45, 2.75) is 25.7 Å². The van der Waals surface area contributed by atoms with E-state index in [9.17, 15) is 4.79 Å². The maximum atomic E-state index is 12.0. The predicted molar refractivity (Wildman–Crippen MR) is 77.6 cm³/mol. The molecule has 1 aromatic rings. The minimum atomic E-state index is 0.233. The van der Waals surface area contributed by atoms with Crippen LogP contribution in [-0.2, 0) is 17.6 Å². The molecule has 1 aliphatic heterocycles. The van der Waals surface area contributed by atoms with Gasteiger partial charge in [-0.1, -0.05) is 15.9 Å². The Balaban J connectivity index is 1.60. The summed E-state index contributed by atoms with van der Waals surface area (Å²) >= 11 is 3.50. The van der Waals surface area contributed by atoms with E-state index in [-0.39, 0.29) is 5.78 Å². The molecular weight excluding hydrogens is 306 g/mol. The number of rotatable bonds is 6. The van der Waals surface area contributed by atoms with Crippen LogP contribution in [0.3, 0.4) is 0 Å². The van der Waals surface area contributed by atoms with Gasteiger partial charge in [-0.15, -0.1) is 0 Å². The third kappa shape index (κ3) is 3.37. The lowest BCUT2D eigenvalue weighted by atomic mass is 10.0. The minimum Gasteiger partial charge on any atom is -0.493 e. The Morgan fingerprint density at radius 3 is 3.05 bits per heavy atom. The third-order valence-electron chi connectivity index (χ3n) is 3.67. The van der Waals surface area contributed by atoms with E-state index in [4.69, 9.17) is 4.74 Å². The Hall–Kier alpha value is -0.870. The Kier molecular flexibility index (Phi) is 3.89. The fourth-order valence-electron chi connectivity index (χ4n) is 2.49. The zero-order valence-electron chi connectivity index (χ0n) is 10.9. The SMILES string of the molecule is O=C(CNCC1CC1)Cc1cc(Br)cc2c1OCC2. The largest absolute Gasteiger partial charge is 0.493 e. The molecule has 1 N–H and O–H groups in total. The summed E-state index contributed by atoms with van der Waals surface area (Å²) in [5, 5.41) is 3.25. The second-order valence-electron chi connectivity index (χ2n) is 5.44. The maximum Gasteiger partial charge on any atom is 0.151 e. The van der Waals surface area contributed by atoms with Crippen LogP contribution in [0.5, 0.6) is 5.75 Å². The molecule has 3 nitrogen and oxygen atoms in total. The van der Waals surface area contributed by atoms with Gasteiger partial charge in [-0.25, -0.2) is 0 Å². The number of ether oxygens (including phenoxy) is 1. The second kappa shape index (κ2) is 5.63. The van der Waals surface area contributed by atoms with Crippen molar-refractivity contribution in [1.29, 1.82) is 0 Å². The molecule has 1 aliphatic carbocycles. The first-order chi connectivity index (χ1) is 9.22. The van der Waals surface area contributed by atoms with Crippen LogP contribution in [0.2, 0.25) is 0 Å². The van der Waals surface area contributed by atoms with Crippen LogP contribution in [0.15, 0.2) is 16.6 Å². The third-order valence-corrected chi connectivity index (χ3v) is 4.12. The number of fused-ring (bicyclic) bond motifs is 1. The topological polar surface area (TPSA) is 38.3 Å². The van der Waals surface area contributed by atoms with E-state index >= 15 is 0 Å². The summed E-state index contributed by atoms with van der Waals surface area (Å²) in [6.07, 6.45) is 4.03. The zero-order chi connectivity index (χ0) is 13.2. The first kappa shape index (κ1) is 13.1. The van der Waals surface area contributed by atoms with Crippen molar-refractivity contribution in [3.63, 3.8) is 0 Å². The van der Waals surface area contributed by atoms with Gasteiger partial charge in [0, 0.05) is 22.9 Å². The van der Waals surface area contributed by atoms with E-state index in [0.717, 1.165) is 41.3 Å². The van der Waals surface area contributed by atoms with Crippen molar-refractivity contribution in [2.75, 3.05) is 19.7 Å². The monoisotopic (exact) mass is 323 g/mol. The lowest BCUT2D eigenvalue weighted by molar-refractivity contribution is -0.117. The van der Waals surface area contributed by atoms with Crippen LogP contribution in [0.1, 0.15) is 24.0 Å². The molecule has 0 saturated heterocycles. The molecule has 102 valence electrons. The average molecular weight is 324 g/mol. The van der Waals surface area contributed by atoms with Crippen molar-refractivity contribution < 1.29 is 9.53 Å². The molecular formula is C15H18BrNO2. The van der Waals surface area contributed by atoms with E-state index < -0.39 is 0 Å². The number of hydrogen-bond donors (Lipinski definition) is 1. The molecule has 1 fully saturated rings. The number of benzene rings is 1. The van der Waals surface area contributed by atoms with Crippen molar-refractivity contribution in [2.24, 2.45) is 5.92 Å². The molecule has 3 rings (SSSR count). The first-order valence-electron chi connectivity index (χ1n) is 6.89. The van der Waals surface area contributed by atoms with Gasteiger partial charge in [0.25, 0.3) is 0 Å². The number of ketones is 1. The summed E-state index contributed by atoms with van der Waals surface area (Å²) in [4.78, 5) is 12.0. The maximum absolute atomic E-state index is 12.0. The molecule has 0 spiro atoms. The number of hydrogen-bond acceptors (Lipinski definition) is 3. The van der Waals surface area contributed by atoms with Gasteiger partial charge in [-0.3, -0.25) is 4.79 Å². The normalized spacial score (nSPS) is 17.1. The van der Waals surface area contributed by atoms with Crippen LogP contribution in [0.25, 0.3) is 0 Å². The molecule has 1 saturated carbocycles. The highest BCUT2D eigenvalue weighted by atomic mass is 79.9. The Labute approximate surface area is 121 Å². The van der Waals surface area contributed by atoms with E-state index in [0.29, 0.717) is 13.0 Å². The summed E-state index contributed by atoms with van der Waals surface area (Å²) in [6.45, 7) is 2.18. The number of Topliss-reactive ketones (excluding diaryl/α,β-unsaturated/α-hetero) is 1. The summed E-state index contributed by atoms with van der Waals surface area (Å²) in [5.41, 5.74) is 2.23. The van der Waals surface area contributed by atoms with Gasteiger partial charge in [0.15, 0.2) is 5.78 Å². The highest BCUT2D eigenvalue weighted by molar-refractivity contribution is 9.10. The van der Waals surface area contributed by atoms with Crippen LogP contribution in [-0.4, -0.2) is 25.5 Å². The number of nitrogens with one attached hydrogen (secondary N) is 1.